The molecule has 138 valence electrons. The average molecular weight is 420 g/mol. The number of aromatic amines is 1. The van der Waals surface area contributed by atoms with E-state index in [-0.39, 0.29) is 35.9 Å². The maximum atomic E-state index is 12.7. The number of aliphatic hydroxyl groups is 1. The first-order valence-corrected chi connectivity index (χ1v) is 8.25. The number of methoxy groups -OCH3 is 1. The van der Waals surface area contributed by atoms with E-state index < -0.39 is 0 Å². The van der Waals surface area contributed by atoms with Crippen molar-refractivity contribution in [3.05, 3.63) is 54.1 Å². The standard InChI is InChI=1S/C19H21N3O3.BrH/c1-25-15-9-7-14(8-10-15)18(24)13-22-17-6-3-2-5-16(17)21-19(22)20-11-4-12-23;/h2-3,5-10,23H,4,11-13H2,1H3,(H,20,21);1H. The van der Waals surface area contributed by atoms with Crippen molar-refractivity contribution < 1.29 is 36.2 Å². The van der Waals surface area contributed by atoms with Gasteiger partial charge in [0.15, 0.2) is 5.78 Å². The van der Waals surface area contributed by atoms with Crippen molar-refractivity contribution in [3.63, 3.8) is 0 Å². The number of rotatable bonds is 8. The largest absolute Gasteiger partial charge is 1.00 e. The van der Waals surface area contributed by atoms with Crippen LogP contribution in [0.2, 0.25) is 0 Å². The van der Waals surface area contributed by atoms with Gasteiger partial charge in [-0.15, -0.1) is 0 Å². The molecule has 7 heteroatoms. The number of aromatic nitrogens is 2. The van der Waals surface area contributed by atoms with Crippen LogP contribution in [0.4, 0.5) is 5.95 Å². The second-order valence-electron chi connectivity index (χ2n) is 5.73. The van der Waals surface area contributed by atoms with E-state index in [1.807, 2.05) is 28.8 Å². The molecule has 0 spiro atoms. The van der Waals surface area contributed by atoms with Crippen LogP contribution < -0.4 is 31.6 Å². The zero-order valence-corrected chi connectivity index (χ0v) is 16.1. The molecule has 0 atom stereocenters. The molecule has 3 aromatic rings. The Bertz CT molecular complexity index is 862. The van der Waals surface area contributed by atoms with E-state index in [9.17, 15) is 4.79 Å². The molecule has 2 aromatic carbocycles. The number of imidazole rings is 1. The smallest absolute Gasteiger partial charge is 0.356 e. The monoisotopic (exact) mass is 419 g/mol. The number of benzene rings is 2. The quantitative estimate of drug-likeness (QED) is 0.252. The number of ether oxygens (including phenoxy) is 1. The van der Waals surface area contributed by atoms with E-state index in [1.165, 1.54) is 0 Å². The van der Waals surface area contributed by atoms with Gasteiger partial charge in [0.2, 0.25) is 0 Å². The third kappa shape index (κ3) is 4.42. The highest BCUT2D eigenvalue weighted by atomic mass is 79.9. The van der Waals surface area contributed by atoms with Crippen LogP contribution in [-0.4, -0.2) is 36.1 Å². The third-order valence-corrected chi connectivity index (χ3v) is 4.06. The van der Waals surface area contributed by atoms with Crippen molar-refractivity contribution in [1.82, 2.24) is 4.98 Å². The number of ketones is 1. The normalized spacial score (nSPS) is 10.4. The molecule has 26 heavy (non-hydrogen) atoms. The molecule has 0 fully saturated rings. The van der Waals surface area contributed by atoms with Gasteiger partial charge in [0.05, 0.1) is 13.7 Å². The Hall–Kier alpha value is -2.38. The lowest BCUT2D eigenvalue weighted by atomic mass is 10.1. The van der Waals surface area contributed by atoms with Crippen LogP contribution in [0.15, 0.2) is 48.5 Å². The Morgan fingerprint density at radius 1 is 1.19 bits per heavy atom. The first kappa shape index (κ1) is 19.9. The lowest BCUT2D eigenvalue weighted by molar-refractivity contribution is -0.642. The zero-order chi connectivity index (χ0) is 17.6. The number of carbonyl (C=O) groups excluding carboxylic acids is 1. The fourth-order valence-corrected chi connectivity index (χ4v) is 2.73. The minimum absolute atomic E-state index is 0. The van der Waals surface area contributed by atoms with Crippen molar-refractivity contribution in [3.8, 4) is 5.75 Å². The van der Waals surface area contributed by atoms with Gasteiger partial charge >= 0.3 is 5.95 Å². The number of halogens is 1. The molecule has 0 bridgehead atoms. The molecular formula is C19H22BrN3O3. The predicted octanol–water partition coefficient (Wildman–Crippen LogP) is -0.855. The zero-order valence-electron chi connectivity index (χ0n) is 14.5. The maximum Gasteiger partial charge on any atom is 0.356 e. The third-order valence-electron chi connectivity index (χ3n) is 4.06. The minimum atomic E-state index is 0. The number of H-pyrrole nitrogens is 1. The van der Waals surface area contributed by atoms with Crippen molar-refractivity contribution in [2.75, 3.05) is 25.6 Å². The second-order valence-corrected chi connectivity index (χ2v) is 5.73. The number of carbonyl (C=O) groups is 1. The number of para-hydroxylation sites is 2. The van der Waals surface area contributed by atoms with Gasteiger partial charge in [-0.3, -0.25) is 10.1 Å². The van der Waals surface area contributed by atoms with Gasteiger partial charge in [-0.25, -0.2) is 9.55 Å². The summed E-state index contributed by atoms with van der Waals surface area (Å²) in [5.74, 6) is 1.50. The summed E-state index contributed by atoms with van der Waals surface area (Å²) in [6, 6.07) is 15.0. The molecule has 1 heterocycles. The van der Waals surface area contributed by atoms with E-state index >= 15 is 0 Å². The summed E-state index contributed by atoms with van der Waals surface area (Å²) in [6.07, 6.45) is 0.641. The SMILES string of the molecule is COc1ccc(C(=O)C[n+]2c(NCCCO)[nH]c3ccccc32)cc1.[Br-]. The summed E-state index contributed by atoms with van der Waals surface area (Å²) < 4.78 is 7.06. The van der Waals surface area contributed by atoms with Crippen LogP contribution >= 0.6 is 0 Å². The first-order chi connectivity index (χ1) is 12.2. The van der Waals surface area contributed by atoms with E-state index in [0.717, 1.165) is 22.7 Å². The van der Waals surface area contributed by atoms with Gasteiger partial charge in [0, 0.05) is 18.6 Å². The fourth-order valence-electron chi connectivity index (χ4n) is 2.73. The number of nitrogens with zero attached hydrogens (tertiary/aromatic N) is 1. The van der Waals surface area contributed by atoms with Gasteiger partial charge in [-0.05, 0) is 36.4 Å². The molecular weight excluding hydrogens is 398 g/mol. The highest BCUT2D eigenvalue weighted by Crippen LogP contribution is 2.15. The lowest BCUT2D eigenvalue weighted by Crippen LogP contribution is -3.00. The summed E-state index contributed by atoms with van der Waals surface area (Å²) in [5.41, 5.74) is 2.55. The van der Waals surface area contributed by atoms with Crippen LogP contribution in [0.5, 0.6) is 5.75 Å². The molecule has 0 aliphatic rings. The predicted molar refractivity (Wildman–Crippen MR) is 96.0 cm³/mol. The molecule has 1 aromatic heterocycles. The molecule has 0 aliphatic heterocycles. The van der Waals surface area contributed by atoms with E-state index in [2.05, 4.69) is 10.3 Å². The number of fused-ring (bicyclic) bond motifs is 1. The van der Waals surface area contributed by atoms with Gasteiger partial charge < -0.3 is 26.8 Å². The van der Waals surface area contributed by atoms with Gasteiger partial charge in [0.1, 0.15) is 23.3 Å². The van der Waals surface area contributed by atoms with E-state index in [0.29, 0.717) is 18.5 Å². The summed E-state index contributed by atoms with van der Waals surface area (Å²) in [7, 11) is 1.60. The number of Topliss-reactive ketones (excluding diaryl/α,β-unsaturated/α-hetero) is 1. The lowest BCUT2D eigenvalue weighted by Gasteiger charge is -2.05. The molecule has 0 aliphatic carbocycles. The van der Waals surface area contributed by atoms with Crippen molar-refractivity contribution >= 4 is 22.8 Å². The second kappa shape index (κ2) is 9.35. The highest BCUT2D eigenvalue weighted by molar-refractivity contribution is 5.95. The van der Waals surface area contributed by atoms with E-state index in [1.54, 1.807) is 31.4 Å². The Morgan fingerprint density at radius 2 is 1.92 bits per heavy atom. The van der Waals surface area contributed by atoms with Crippen LogP contribution in [0.25, 0.3) is 11.0 Å². The van der Waals surface area contributed by atoms with Gasteiger partial charge in [-0.1, -0.05) is 12.1 Å². The van der Waals surface area contributed by atoms with E-state index in [4.69, 9.17) is 9.84 Å². The number of nitrogens with one attached hydrogen (secondary N) is 2. The van der Waals surface area contributed by atoms with Crippen LogP contribution in [-0.2, 0) is 6.54 Å². The minimum Gasteiger partial charge on any atom is -1.00 e. The molecule has 0 amide bonds. The molecule has 0 saturated carbocycles. The molecule has 0 unspecified atom stereocenters. The fraction of sp³-hybridized carbons (Fsp3) is 0.263. The van der Waals surface area contributed by atoms with Gasteiger partial charge in [-0.2, -0.15) is 0 Å². The summed E-state index contributed by atoms with van der Waals surface area (Å²) in [5, 5.41) is 12.2. The summed E-state index contributed by atoms with van der Waals surface area (Å²) in [6.45, 7) is 0.968. The first-order valence-electron chi connectivity index (χ1n) is 8.25. The molecule has 3 N–H and O–H groups in total. The Kier molecular flexibility index (Phi) is 7.17. The van der Waals surface area contributed by atoms with Gasteiger partial charge in [0.25, 0.3) is 0 Å². The Balaban J connectivity index is 0.00000243. The topological polar surface area (TPSA) is 78.2 Å². The Labute approximate surface area is 162 Å². The number of aliphatic hydroxyl groups excluding tert-OH is 1. The number of anilines is 1. The van der Waals surface area contributed by atoms with Crippen LogP contribution in [0.1, 0.15) is 16.8 Å². The van der Waals surface area contributed by atoms with Crippen molar-refractivity contribution in [2.24, 2.45) is 0 Å². The summed E-state index contributed by atoms with van der Waals surface area (Å²) in [4.78, 5) is 16.0. The number of hydrogen-bond acceptors (Lipinski definition) is 4. The number of hydrogen-bond donors (Lipinski definition) is 3. The van der Waals surface area contributed by atoms with Crippen molar-refractivity contribution in [1.29, 1.82) is 0 Å². The molecule has 6 nitrogen and oxygen atoms in total. The molecule has 0 saturated heterocycles. The van der Waals surface area contributed by atoms with Crippen LogP contribution in [0.3, 0.4) is 0 Å². The Morgan fingerprint density at radius 3 is 2.62 bits per heavy atom. The maximum absolute atomic E-state index is 12.7. The van der Waals surface area contributed by atoms with Crippen LogP contribution in [0, 0.1) is 0 Å². The summed E-state index contributed by atoms with van der Waals surface area (Å²) >= 11 is 0. The average Bonchev–Trinajstić information content (AvgIpc) is 2.99. The highest BCUT2D eigenvalue weighted by Gasteiger charge is 2.20. The molecule has 3 rings (SSSR count). The molecule has 0 radical (unpaired) electrons. The van der Waals surface area contributed by atoms with Crippen molar-refractivity contribution in [2.45, 2.75) is 13.0 Å².